The second-order valence-corrected chi connectivity index (χ2v) is 7.24. The molecule has 0 spiro atoms. The highest BCUT2D eigenvalue weighted by Crippen LogP contribution is 2.69. The zero-order valence-corrected chi connectivity index (χ0v) is 9.24. The Morgan fingerprint density at radius 3 is 1.23 bits per heavy atom. The molecule has 0 aliphatic heterocycles. The van der Waals surface area contributed by atoms with Crippen LogP contribution in [0.15, 0.2) is 0 Å². The van der Waals surface area contributed by atoms with E-state index in [2.05, 4.69) is 20.8 Å². The number of hydrogen-bond donors (Lipinski definition) is 0. The quantitative estimate of drug-likeness (QED) is 0.525. The van der Waals surface area contributed by atoms with Crippen molar-refractivity contribution >= 4 is 0 Å². The first-order chi connectivity index (χ1) is 5.91. The SMILES string of the molecule is CC12C[C]3CC(C)(C1)CC(C)(C3)C2. The maximum Gasteiger partial charge on any atom is -0.0225 e. The summed E-state index contributed by atoms with van der Waals surface area (Å²) in [7, 11) is 0. The first kappa shape index (κ1) is 8.32. The molecule has 1 radical (unpaired) electrons. The summed E-state index contributed by atoms with van der Waals surface area (Å²) in [5, 5.41) is 0. The van der Waals surface area contributed by atoms with Gasteiger partial charge < -0.3 is 0 Å². The van der Waals surface area contributed by atoms with Crippen LogP contribution in [0.3, 0.4) is 0 Å². The van der Waals surface area contributed by atoms with Gasteiger partial charge in [0.05, 0.1) is 0 Å². The van der Waals surface area contributed by atoms with E-state index in [1.165, 1.54) is 38.5 Å². The van der Waals surface area contributed by atoms with E-state index in [1.54, 1.807) is 0 Å². The summed E-state index contributed by atoms with van der Waals surface area (Å²) in [6.07, 6.45) is 8.87. The van der Waals surface area contributed by atoms with Crippen molar-refractivity contribution in [3.63, 3.8) is 0 Å². The molecule has 73 valence electrons. The summed E-state index contributed by atoms with van der Waals surface area (Å²) in [5.41, 5.74) is 2.06. The molecule has 0 amide bonds. The van der Waals surface area contributed by atoms with Gasteiger partial charge in [-0.15, -0.1) is 0 Å². The zero-order valence-electron chi connectivity index (χ0n) is 9.24. The molecule has 4 aliphatic carbocycles. The lowest BCUT2D eigenvalue weighted by molar-refractivity contribution is -0.0861. The van der Waals surface area contributed by atoms with Crippen molar-refractivity contribution in [1.29, 1.82) is 0 Å². The van der Waals surface area contributed by atoms with Gasteiger partial charge in [0.25, 0.3) is 0 Å². The van der Waals surface area contributed by atoms with E-state index in [9.17, 15) is 0 Å². The summed E-state index contributed by atoms with van der Waals surface area (Å²) in [5.74, 6) is 1.90. The minimum absolute atomic E-state index is 0.688. The van der Waals surface area contributed by atoms with Crippen molar-refractivity contribution in [1.82, 2.24) is 0 Å². The summed E-state index contributed by atoms with van der Waals surface area (Å²) >= 11 is 0. The van der Waals surface area contributed by atoms with Crippen LogP contribution in [0.1, 0.15) is 59.3 Å². The molecule has 0 nitrogen and oxygen atoms in total. The molecule has 4 aliphatic rings. The van der Waals surface area contributed by atoms with E-state index in [-0.39, 0.29) is 0 Å². The highest BCUT2D eigenvalue weighted by Gasteiger charge is 2.58. The number of hydrogen-bond acceptors (Lipinski definition) is 0. The van der Waals surface area contributed by atoms with Crippen LogP contribution in [0.25, 0.3) is 0 Å². The normalized spacial score (nSPS) is 60.2. The first-order valence-corrected chi connectivity index (χ1v) is 5.74. The Kier molecular flexibility index (Phi) is 1.27. The Morgan fingerprint density at radius 2 is 1.00 bits per heavy atom. The molecule has 4 saturated carbocycles. The van der Waals surface area contributed by atoms with Crippen LogP contribution in [0, 0.1) is 22.2 Å². The van der Waals surface area contributed by atoms with Crippen LogP contribution in [-0.2, 0) is 0 Å². The van der Waals surface area contributed by atoms with Gasteiger partial charge in [-0.05, 0) is 60.7 Å². The fourth-order valence-corrected chi connectivity index (χ4v) is 5.65. The molecule has 0 aromatic carbocycles. The van der Waals surface area contributed by atoms with Gasteiger partial charge in [-0.2, -0.15) is 0 Å². The van der Waals surface area contributed by atoms with Crippen molar-refractivity contribution in [3.05, 3.63) is 5.92 Å². The van der Waals surface area contributed by atoms with Crippen molar-refractivity contribution in [2.75, 3.05) is 0 Å². The van der Waals surface area contributed by atoms with E-state index < -0.39 is 0 Å². The summed E-state index contributed by atoms with van der Waals surface area (Å²) < 4.78 is 0. The van der Waals surface area contributed by atoms with Crippen molar-refractivity contribution < 1.29 is 0 Å². The lowest BCUT2D eigenvalue weighted by Gasteiger charge is -2.64. The molecule has 0 heteroatoms. The molecule has 0 unspecified atom stereocenters. The Balaban J connectivity index is 2.03. The Labute approximate surface area is 82.1 Å². The van der Waals surface area contributed by atoms with Crippen molar-refractivity contribution in [2.24, 2.45) is 16.2 Å². The molecular formula is C13H21. The molecule has 0 atom stereocenters. The average molecular weight is 177 g/mol. The fourth-order valence-electron chi connectivity index (χ4n) is 5.65. The van der Waals surface area contributed by atoms with Crippen molar-refractivity contribution in [2.45, 2.75) is 59.3 Å². The first-order valence-electron chi connectivity index (χ1n) is 5.74. The molecule has 4 bridgehead atoms. The Bertz CT molecular complexity index is 202. The van der Waals surface area contributed by atoms with Gasteiger partial charge in [-0.25, -0.2) is 0 Å². The van der Waals surface area contributed by atoms with Crippen LogP contribution in [-0.4, -0.2) is 0 Å². The number of rotatable bonds is 0. The summed E-state index contributed by atoms with van der Waals surface area (Å²) in [6.45, 7) is 7.59. The van der Waals surface area contributed by atoms with Gasteiger partial charge in [0.2, 0.25) is 0 Å². The van der Waals surface area contributed by atoms with E-state index in [0.717, 1.165) is 0 Å². The third kappa shape index (κ3) is 1.10. The minimum atomic E-state index is 0.688. The third-order valence-corrected chi connectivity index (χ3v) is 4.59. The minimum Gasteiger partial charge on any atom is -0.0596 e. The van der Waals surface area contributed by atoms with Crippen LogP contribution < -0.4 is 0 Å². The van der Waals surface area contributed by atoms with E-state index in [4.69, 9.17) is 0 Å². The standard InChI is InChI=1S/C13H21/c1-11-4-10-5-12(2,7-11)9-13(3,6-10)8-11/h4-9H2,1-3H3. The predicted octanol–water partition coefficient (Wildman–Crippen LogP) is 3.96. The molecule has 0 saturated heterocycles. The van der Waals surface area contributed by atoms with E-state index >= 15 is 0 Å². The molecule has 4 rings (SSSR count). The monoisotopic (exact) mass is 177 g/mol. The molecule has 0 aromatic heterocycles. The van der Waals surface area contributed by atoms with Gasteiger partial charge in [-0.1, -0.05) is 20.8 Å². The smallest absolute Gasteiger partial charge is 0.0225 e. The molecule has 0 N–H and O–H groups in total. The second kappa shape index (κ2) is 1.99. The maximum atomic E-state index is 2.53. The van der Waals surface area contributed by atoms with Crippen molar-refractivity contribution in [3.8, 4) is 0 Å². The Morgan fingerprint density at radius 1 is 0.692 bits per heavy atom. The van der Waals surface area contributed by atoms with E-state index in [1.807, 2.05) is 5.92 Å². The summed E-state index contributed by atoms with van der Waals surface area (Å²) in [6, 6.07) is 0. The molecule has 0 aromatic rings. The fraction of sp³-hybridized carbons (Fsp3) is 0.923. The predicted molar refractivity (Wildman–Crippen MR) is 55.3 cm³/mol. The zero-order chi connectivity index (χ0) is 9.32. The van der Waals surface area contributed by atoms with Gasteiger partial charge in [0, 0.05) is 0 Å². The van der Waals surface area contributed by atoms with Gasteiger partial charge in [0.15, 0.2) is 0 Å². The lowest BCUT2D eigenvalue weighted by Crippen LogP contribution is -2.53. The maximum absolute atomic E-state index is 2.53. The third-order valence-electron chi connectivity index (χ3n) is 4.59. The lowest BCUT2D eigenvalue weighted by atomic mass is 9.41. The largest absolute Gasteiger partial charge is 0.0596 e. The molecule has 0 heterocycles. The average Bonchev–Trinajstić information content (AvgIpc) is 1.71. The second-order valence-electron chi connectivity index (χ2n) is 7.24. The van der Waals surface area contributed by atoms with Crippen LogP contribution >= 0.6 is 0 Å². The van der Waals surface area contributed by atoms with E-state index in [0.29, 0.717) is 16.2 Å². The highest BCUT2D eigenvalue weighted by atomic mass is 14.6. The van der Waals surface area contributed by atoms with Gasteiger partial charge in [-0.3, -0.25) is 0 Å². The topological polar surface area (TPSA) is 0 Å². The van der Waals surface area contributed by atoms with Crippen LogP contribution in [0.2, 0.25) is 0 Å². The highest BCUT2D eigenvalue weighted by molar-refractivity contribution is 5.19. The summed E-state index contributed by atoms with van der Waals surface area (Å²) in [4.78, 5) is 0. The Hall–Kier alpha value is 0. The van der Waals surface area contributed by atoms with Crippen LogP contribution in [0.5, 0.6) is 0 Å². The van der Waals surface area contributed by atoms with Crippen LogP contribution in [0.4, 0.5) is 0 Å². The van der Waals surface area contributed by atoms with Gasteiger partial charge in [0.1, 0.15) is 0 Å². The van der Waals surface area contributed by atoms with Gasteiger partial charge >= 0.3 is 0 Å². The molecular weight excluding hydrogens is 156 g/mol. The molecule has 13 heavy (non-hydrogen) atoms. The molecule has 4 fully saturated rings.